The van der Waals surface area contributed by atoms with Gasteiger partial charge in [-0.3, -0.25) is 0 Å². The Kier molecular flexibility index (Phi) is 4.28. The number of benzene rings is 3. The molecule has 0 saturated carbocycles. The van der Waals surface area contributed by atoms with E-state index in [9.17, 15) is 0 Å². The maximum absolute atomic E-state index is 5.94. The summed E-state index contributed by atoms with van der Waals surface area (Å²) in [6.07, 6.45) is 0. The van der Waals surface area contributed by atoms with Crippen LogP contribution in [0.25, 0.3) is 22.5 Å². The molecule has 0 bridgehead atoms. The summed E-state index contributed by atoms with van der Waals surface area (Å²) < 4.78 is 6.74. The van der Waals surface area contributed by atoms with Crippen LogP contribution in [0.1, 0.15) is 0 Å². The van der Waals surface area contributed by atoms with Gasteiger partial charge in [0.2, 0.25) is 0 Å². The summed E-state index contributed by atoms with van der Waals surface area (Å²) >= 11 is 0.142. The van der Waals surface area contributed by atoms with Crippen LogP contribution < -0.4 is 4.43 Å². The van der Waals surface area contributed by atoms with Gasteiger partial charge in [0.15, 0.2) is 0 Å². The fourth-order valence-corrected chi connectivity index (χ4v) is 3.93. The molecule has 4 rings (SSSR count). The van der Waals surface area contributed by atoms with E-state index in [0.717, 1.165) is 21.4 Å². The van der Waals surface area contributed by atoms with E-state index in [1.807, 2.05) is 36.4 Å². The van der Waals surface area contributed by atoms with E-state index >= 15 is 0 Å². The van der Waals surface area contributed by atoms with Crippen LogP contribution in [0.15, 0.2) is 99.3 Å². The van der Waals surface area contributed by atoms with Crippen molar-refractivity contribution < 1.29 is 4.42 Å². The van der Waals surface area contributed by atoms with Gasteiger partial charge in [-0.25, -0.2) is 0 Å². The Hall–Kier alpha value is -2.61. The Morgan fingerprint density at radius 1 is 0.625 bits per heavy atom. The van der Waals surface area contributed by atoms with Crippen molar-refractivity contribution >= 4 is 20.2 Å². The average Bonchev–Trinajstić information content (AvgIpc) is 3.12. The van der Waals surface area contributed by atoms with Gasteiger partial charge in [0.1, 0.15) is 0 Å². The Morgan fingerprint density at radius 2 is 1.21 bits per heavy atom. The SMILES string of the molecule is c1ccc(N=c2oc(-c3ccc(-c4ccccc4)cc3)c[se]2)cc1. The molecule has 0 aliphatic carbocycles. The third-order valence-corrected chi connectivity index (χ3v) is 5.20. The molecule has 0 atom stereocenters. The van der Waals surface area contributed by atoms with Crippen LogP contribution in [0, 0.1) is 0 Å². The van der Waals surface area contributed by atoms with Gasteiger partial charge >= 0.3 is 146 Å². The van der Waals surface area contributed by atoms with Gasteiger partial charge in [0.25, 0.3) is 0 Å². The summed E-state index contributed by atoms with van der Waals surface area (Å²) in [6, 6.07) is 28.8. The fourth-order valence-electron chi connectivity index (χ4n) is 2.49. The Balaban J connectivity index is 1.62. The van der Waals surface area contributed by atoms with Crippen molar-refractivity contribution in [3.63, 3.8) is 0 Å². The van der Waals surface area contributed by atoms with Gasteiger partial charge in [-0.15, -0.1) is 0 Å². The molecular weight excluding hydrogens is 361 g/mol. The van der Waals surface area contributed by atoms with Crippen LogP contribution in [0.5, 0.6) is 0 Å². The normalized spacial score (nSPS) is 11.6. The molecule has 4 aromatic rings. The van der Waals surface area contributed by atoms with Crippen LogP contribution in [0.2, 0.25) is 0 Å². The molecule has 0 N–H and O–H groups in total. The molecule has 1 heterocycles. The Morgan fingerprint density at radius 3 is 1.92 bits per heavy atom. The molecule has 0 radical (unpaired) electrons. The third kappa shape index (κ3) is 3.33. The number of para-hydroxylation sites is 1. The monoisotopic (exact) mass is 377 g/mol. The second kappa shape index (κ2) is 6.88. The predicted molar refractivity (Wildman–Crippen MR) is 98.2 cm³/mol. The van der Waals surface area contributed by atoms with Crippen LogP contribution in [0.3, 0.4) is 0 Å². The summed E-state index contributed by atoms with van der Waals surface area (Å²) in [7, 11) is 0. The van der Waals surface area contributed by atoms with E-state index in [1.54, 1.807) is 0 Å². The predicted octanol–water partition coefficient (Wildman–Crippen LogP) is 4.90. The molecule has 0 amide bonds. The van der Waals surface area contributed by atoms with Crippen molar-refractivity contribution in [2.75, 3.05) is 0 Å². The molecule has 0 spiro atoms. The molecule has 3 heteroatoms. The molecule has 0 unspecified atom stereocenters. The van der Waals surface area contributed by atoms with E-state index in [1.165, 1.54) is 11.1 Å². The molecular formula is C21H15NOSe. The zero-order valence-corrected chi connectivity index (χ0v) is 14.6. The van der Waals surface area contributed by atoms with Crippen LogP contribution in [-0.4, -0.2) is 14.5 Å². The minimum atomic E-state index is 0.142. The minimum absolute atomic E-state index is 0.142. The first-order valence-corrected chi connectivity index (χ1v) is 9.57. The molecule has 3 aromatic carbocycles. The van der Waals surface area contributed by atoms with E-state index in [0.29, 0.717) is 0 Å². The number of hydrogen-bond acceptors (Lipinski definition) is 2. The van der Waals surface area contributed by atoms with Crippen molar-refractivity contribution in [3.8, 4) is 22.5 Å². The maximum atomic E-state index is 5.94. The van der Waals surface area contributed by atoms with Gasteiger partial charge in [0, 0.05) is 0 Å². The van der Waals surface area contributed by atoms with Crippen LogP contribution in [-0.2, 0) is 0 Å². The molecule has 2 nitrogen and oxygen atoms in total. The second-order valence-electron chi connectivity index (χ2n) is 5.36. The van der Waals surface area contributed by atoms with Gasteiger partial charge in [-0.1, -0.05) is 0 Å². The number of rotatable bonds is 3. The number of hydrogen-bond donors (Lipinski definition) is 0. The molecule has 24 heavy (non-hydrogen) atoms. The molecule has 116 valence electrons. The van der Waals surface area contributed by atoms with Crippen molar-refractivity contribution in [2.24, 2.45) is 4.99 Å². The third-order valence-electron chi connectivity index (χ3n) is 3.72. The fraction of sp³-hybridized carbons (Fsp3) is 0. The van der Waals surface area contributed by atoms with Crippen LogP contribution >= 0.6 is 0 Å². The molecule has 0 saturated heterocycles. The first kappa shape index (κ1) is 14.9. The van der Waals surface area contributed by atoms with Crippen LogP contribution in [0.4, 0.5) is 5.69 Å². The quantitative estimate of drug-likeness (QED) is 0.467. The van der Waals surface area contributed by atoms with Gasteiger partial charge in [-0.05, 0) is 0 Å². The molecule has 0 aliphatic rings. The zero-order valence-electron chi connectivity index (χ0n) is 12.9. The van der Waals surface area contributed by atoms with Crippen molar-refractivity contribution in [1.82, 2.24) is 0 Å². The molecule has 0 aliphatic heterocycles. The Bertz CT molecular complexity index is 983. The van der Waals surface area contributed by atoms with E-state index < -0.39 is 0 Å². The van der Waals surface area contributed by atoms with Gasteiger partial charge in [0.05, 0.1) is 0 Å². The zero-order chi connectivity index (χ0) is 16.2. The molecule has 0 fully saturated rings. The van der Waals surface area contributed by atoms with Crippen molar-refractivity contribution in [1.29, 1.82) is 0 Å². The summed E-state index contributed by atoms with van der Waals surface area (Å²) in [4.78, 5) is 6.71. The van der Waals surface area contributed by atoms with Crippen molar-refractivity contribution in [3.05, 3.63) is 94.3 Å². The van der Waals surface area contributed by atoms with E-state index in [2.05, 4.69) is 58.5 Å². The Labute approximate surface area is 146 Å². The van der Waals surface area contributed by atoms with E-state index in [-0.39, 0.29) is 14.5 Å². The first-order chi connectivity index (χ1) is 11.9. The standard InChI is InChI=1S/C21H15NOSe/c1-3-7-16(8-4-1)17-11-13-18(14-12-17)20-15-24-21(23-20)22-19-9-5-2-6-10-19/h1-15H. The summed E-state index contributed by atoms with van der Waals surface area (Å²) in [5, 5.41) is 0. The second-order valence-corrected chi connectivity index (χ2v) is 7.08. The summed E-state index contributed by atoms with van der Waals surface area (Å²) in [5.74, 6) is 0.907. The average molecular weight is 376 g/mol. The summed E-state index contributed by atoms with van der Waals surface area (Å²) in [6.45, 7) is 0. The van der Waals surface area contributed by atoms with Gasteiger partial charge < -0.3 is 0 Å². The topological polar surface area (TPSA) is 25.5 Å². The van der Waals surface area contributed by atoms with Gasteiger partial charge in [-0.2, -0.15) is 0 Å². The van der Waals surface area contributed by atoms with E-state index in [4.69, 9.17) is 4.42 Å². The molecule has 1 aromatic heterocycles. The summed E-state index contributed by atoms with van der Waals surface area (Å²) in [5.41, 5.74) is 4.46. The number of nitrogens with zero attached hydrogens (tertiary/aromatic N) is 1. The first-order valence-electron chi connectivity index (χ1n) is 7.73. The van der Waals surface area contributed by atoms with Crippen molar-refractivity contribution in [2.45, 2.75) is 0 Å².